The molecule has 0 amide bonds. The second-order valence-electron chi connectivity index (χ2n) is 4.58. The van der Waals surface area contributed by atoms with Crippen LogP contribution in [0.5, 0.6) is 0 Å². The zero-order valence-electron chi connectivity index (χ0n) is 10.8. The van der Waals surface area contributed by atoms with Crippen LogP contribution in [0.25, 0.3) is 0 Å². The molecule has 0 aromatic rings. The Bertz CT molecular complexity index is 130. The van der Waals surface area contributed by atoms with Crippen LogP contribution in [0.2, 0.25) is 0 Å². The van der Waals surface area contributed by atoms with Crippen molar-refractivity contribution in [2.75, 3.05) is 26.4 Å². The molecule has 1 rings (SSSR count). The summed E-state index contributed by atoms with van der Waals surface area (Å²) in [5.41, 5.74) is 0. The molecule has 0 radical (unpaired) electrons. The summed E-state index contributed by atoms with van der Waals surface area (Å²) < 4.78 is 22.5. The molecule has 0 aromatic carbocycles. The summed E-state index contributed by atoms with van der Waals surface area (Å²) in [5, 5.41) is 0. The highest BCUT2D eigenvalue weighted by atomic mass is 16.6. The van der Waals surface area contributed by atoms with Gasteiger partial charge in [-0.3, -0.25) is 0 Å². The fraction of sp³-hybridized carbons (Fsp3) is 1.00. The van der Waals surface area contributed by atoms with Gasteiger partial charge in [0, 0.05) is 0 Å². The minimum absolute atomic E-state index is 0.102. The quantitative estimate of drug-likeness (QED) is 0.636. The van der Waals surface area contributed by atoms with Crippen LogP contribution in [0, 0.1) is 0 Å². The van der Waals surface area contributed by atoms with Crippen molar-refractivity contribution in [1.82, 2.24) is 0 Å². The van der Waals surface area contributed by atoms with Crippen LogP contribution in [-0.2, 0) is 18.9 Å². The number of hydrogen-bond donors (Lipinski definition) is 0. The van der Waals surface area contributed by atoms with Gasteiger partial charge < -0.3 is 18.9 Å². The monoisotopic (exact) mass is 232 g/mol. The summed E-state index contributed by atoms with van der Waals surface area (Å²) in [6.45, 7) is 10.4. The number of hydrogen-bond acceptors (Lipinski definition) is 4. The molecule has 4 unspecified atom stereocenters. The standard InChI is InChI=1S/C12H24O4/c1-9-5-14-11(3)7-16-12(4)8-15-10(2)6-13-9/h9-12H,5-8H2,1-4H3. The fourth-order valence-electron chi connectivity index (χ4n) is 1.39. The molecule has 0 spiro atoms. The maximum atomic E-state index is 5.62. The Balaban J connectivity index is 2.39. The fourth-order valence-corrected chi connectivity index (χ4v) is 1.39. The van der Waals surface area contributed by atoms with Gasteiger partial charge >= 0.3 is 0 Å². The first-order valence-corrected chi connectivity index (χ1v) is 6.04. The Morgan fingerprint density at radius 1 is 0.500 bits per heavy atom. The molecular formula is C12H24O4. The van der Waals surface area contributed by atoms with Gasteiger partial charge in [-0.25, -0.2) is 0 Å². The van der Waals surface area contributed by atoms with E-state index < -0.39 is 0 Å². The summed E-state index contributed by atoms with van der Waals surface area (Å²) in [6.07, 6.45) is 0.409. The maximum absolute atomic E-state index is 5.62. The Labute approximate surface area is 98.2 Å². The Kier molecular flexibility index (Phi) is 6.28. The summed E-state index contributed by atoms with van der Waals surface area (Å²) in [4.78, 5) is 0. The molecule has 0 N–H and O–H groups in total. The molecular weight excluding hydrogens is 208 g/mol. The third kappa shape index (κ3) is 5.80. The van der Waals surface area contributed by atoms with Crippen molar-refractivity contribution in [3.63, 3.8) is 0 Å². The first-order valence-electron chi connectivity index (χ1n) is 6.04. The molecule has 1 saturated heterocycles. The highest BCUT2D eigenvalue weighted by molar-refractivity contribution is 4.59. The molecule has 96 valence electrons. The van der Waals surface area contributed by atoms with E-state index in [9.17, 15) is 0 Å². The van der Waals surface area contributed by atoms with Crippen LogP contribution in [0.4, 0.5) is 0 Å². The molecule has 0 bridgehead atoms. The van der Waals surface area contributed by atoms with Crippen LogP contribution in [0.3, 0.4) is 0 Å². The molecule has 1 aliphatic heterocycles. The van der Waals surface area contributed by atoms with Gasteiger partial charge in [0.1, 0.15) is 0 Å². The van der Waals surface area contributed by atoms with Gasteiger partial charge in [-0.05, 0) is 27.7 Å². The van der Waals surface area contributed by atoms with Crippen molar-refractivity contribution in [3.05, 3.63) is 0 Å². The highest BCUT2D eigenvalue weighted by Crippen LogP contribution is 2.05. The number of rotatable bonds is 0. The zero-order chi connectivity index (χ0) is 12.0. The van der Waals surface area contributed by atoms with Crippen molar-refractivity contribution in [3.8, 4) is 0 Å². The molecule has 16 heavy (non-hydrogen) atoms. The first kappa shape index (κ1) is 13.9. The molecule has 1 heterocycles. The van der Waals surface area contributed by atoms with Gasteiger partial charge in [-0.1, -0.05) is 0 Å². The second kappa shape index (κ2) is 7.22. The van der Waals surface area contributed by atoms with E-state index in [0.29, 0.717) is 26.4 Å². The molecule has 4 atom stereocenters. The topological polar surface area (TPSA) is 36.9 Å². The lowest BCUT2D eigenvalue weighted by atomic mass is 10.3. The van der Waals surface area contributed by atoms with E-state index in [2.05, 4.69) is 0 Å². The lowest BCUT2D eigenvalue weighted by Crippen LogP contribution is -2.31. The van der Waals surface area contributed by atoms with E-state index in [1.807, 2.05) is 27.7 Å². The van der Waals surface area contributed by atoms with Crippen molar-refractivity contribution < 1.29 is 18.9 Å². The molecule has 4 nitrogen and oxygen atoms in total. The van der Waals surface area contributed by atoms with Crippen LogP contribution in [0.15, 0.2) is 0 Å². The lowest BCUT2D eigenvalue weighted by Gasteiger charge is -2.24. The SMILES string of the molecule is CC1COC(C)COC(C)COC(C)CO1. The second-order valence-corrected chi connectivity index (χ2v) is 4.58. The normalized spacial score (nSPS) is 39.8. The van der Waals surface area contributed by atoms with Crippen molar-refractivity contribution >= 4 is 0 Å². The predicted molar refractivity (Wildman–Crippen MR) is 61.7 cm³/mol. The van der Waals surface area contributed by atoms with Gasteiger partial charge in [0.15, 0.2) is 0 Å². The number of ether oxygens (including phenoxy) is 4. The van der Waals surface area contributed by atoms with Gasteiger partial charge in [0.05, 0.1) is 50.8 Å². The summed E-state index contributed by atoms with van der Waals surface area (Å²) >= 11 is 0. The Morgan fingerprint density at radius 2 is 0.688 bits per heavy atom. The minimum atomic E-state index is 0.102. The summed E-state index contributed by atoms with van der Waals surface area (Å²) in [7, 11) is 0. The minimum Gasteiger partial charge on any atom is -0.373 e. The first-order chi connectivity index (χ1) is 7.58. The smallest absolute Gasteiger partial charge is 0.0781 e. The average Bonchev–Trinajstić information content (AvgIpc) is 2.27. The Morgan fingerprint density at radius 3 is 0.875 bits per heavy atom. The van der Waals surface area contributed by atoms with E-state index in [0.717, 1.165) is 0 Å². The van der Waals surface area contributed by atoms with Crippen LogP contribution in [-0.4, -0.2) is 50.8 Å². The van der Waals surface area contributed by atoms with E-state index >= 15 is 0 Å². The van der Waals surface area contributed by atoms with Gasteiger partial charge in [-0.15, -0.1) is 0 Å². The third-order valence-corrected chi connectivity index (χ3v) is 2.46. The molecule has 0 aromatic heterocycles. The summed E-state index contributed by atoms with van der Waals surface area (Å²) in [6, 6.07) is 0. The van der Waals surface area contributed by atoms with Gasteiger partial charge in [0.25, 0.3) is 0 Å². The average molecular weight is 232 g/mol. The largest absolute Gasteiger partial charge is 0.373 e. The zero-order valence-corrected chi connectivity index (χ0v) is 10.8. The van der Waals surface area contributed by atoms with E-state index in [1.54, 1.807) is 0 Å². The van der Waals surface area contributed by atoms with E-state index in [1.165, 1.54) is 0 Å². The van der Waals surface area contributed by atoms with Crippen LogP contribution >= 0.6 is 0 Å². The molecule has 0 saturated carbocycles. The Hall–Kier alpha value is -0.160. The van der Waals surface area contributed by atoms with Crippen LogP contribution in [0.1, 0.15) is 27.7 Å². The van der Waals surface area contributed by atoms with E-state index in [4.69, 9.17) is 18.9 Å². The van der Waals surface area contributed by atoms with Gasteiger partial charge in [0.2, 0.25) is 0 Å². The lowest BCUT2D eigenvalue weighted by molar-refractivity contribution is -0.119. The van der Waals surface area contributed by atoms with E-state index in [-0.39, 0.29) is 24.4 Å². The van der Waals surface area contributed by atoms with Crippen molar-refractivity contribution in [1.29, 1.82) is 0 Å². The third-order valence-electron chi connectivity index (χ3n) is 2.46. The summed E-state index contributed by atoms with van der Waals surface area (Å²) in [5.74, 6) is 0. The van der Waals surface area contributed by atoms with Crippen LogP contribution < -0.4 is 0 Å². The predicted octanol–water partition coefficient (Wildman–Crippen LogP) is 1.62. The molecule has 1 aliphatic rings. The van der Waals surface area contributed by atoms with Crippen molar-refractivity contribution in [2.24, 2.45) is 0 Å². The highest BCUT2D eigenvalue weighted by Gasteiger charge is 2.14. The maximum Gasteiger partial charge on any atom is 0.0781 e. The molecule has 0 aliphatic carbocycles. The van der Waals surface area contributed by atoms with Crippen molar-refractivity contribution in [2.45, 2.75) is 52.1 Å². The molecule has 1 fully saturated rings. The van der Waals surface area contributed by atoms with Gasteiger partial charge in [-0.2, -0.15) is 0 Å². The molecule has 4 heteroatoms.